The van der Waals surface area contributed by atoms with E-state index in [1.165, 1.54) is 0 Å². The molecule has 0 saturated heterocycles. The van der Waals surface area contributed by atoms with Crippen molar-refractivity contribution in [3.63, 3.8) is 0 Å². The predicted molar refractivity (Wildman–Crippen MR) is 105 cm³/mol. The quantitative estimate of drug-likeness (QED) is 0.592. The van der Waals surface area contributed by atoms with Gasteiger partial charge in [-0.1, -0.05) is 39.7 Å². The molecular weight excluding hydrogens is 422 g/mol. The van der Waals surface area contributed by atoms with Crippen LogP contribution in [0.15, 0.2) is 40.9 Å². The number of hydrogen-bond donors (Lipinski definition) is 2. The average molecular weight is 443 g/mol. The highest BCUT2D eigenvalue weighted by Crippen LogP contribution is 2.34. The van der Waals surface area contributed by atoms with Gasteiger partial charge in [0.25, 0.3) is 0 Å². The third kappa shape index (κ3) is 5.90. The smallest absolute Gasteiger partial charge is 0.320 e. The number of nitrogens with one attached hydrogen (secondary N) is 1. The molecule has 0 aromatic heterocycles. The first-order valence-electron chi connectivity index (χ1n) is 8.19. The molecule has 0 heterocycles. The van der Waals surface area contributed by atoms with Crippen LogP contribution in [0.25, 0.3) is 0 Å². The van der Waals surface area contributed by atoms with E-state index in [0.717, 1.165) is 15.6 Å². The Morgan fingerprint density at radius 1 is 1.23 bits per heavy atom. The van der Waals surface area contributed by atoms with Crippen molar-refractivity contribution in [2.45, 2.75) is 33.0 Å². The summed E-state index contributed by atoms with van der Waals surface area (Å²) >= 11 is 9.41. The Morgan fingerprint density at radius 3 is 2.50 bits per heavy atom. The second-order valence-electron chi connectivity index (χ2n) is 5.68. The Bertz CT molecular complexity index is 752. The largest absolute Gasteiger partial charge is 0.490 e. The van der Waals surface area contributed by atoms with Gasteiger partial charge in [-0.2, -0.15) is 0 Å². The standard InChI is InChI=1S/C19H21BrClNO4/c1-3-25-17-8-14(10-22-12(2)19(23)24)16(20)9-18(17)26-11-13-4-6-15(21)7-5-13/h4-9,12,22H,3,10-11H2,1-2H3,(H,23,24). The number of halogens is 2. The summed E-state index contributed by atoms with van der Waals surface area (Å²) in [5.41, 5.74) is 1.88. The fraction of sp³-hybridized carbons (Fsp3) is 0.316. The third-order valence-electron chi connectivity index (χ3n) is 3.69. The van der Waals surface area contributed by atoms with Crippen LogP contribution in [-0.2, 0) is 17.9 Å². The summed E-state index contributed by atoms with van der Waals surface area (Å²) in [6.45, 7) is 4.78. The molecule has 0 amide bonds. The van der Waals surface area contributed by atoms with E-state index >= 15 is 0 Å². The highest BCUT2D eigenvalue weighted by Gasteiger charge is 2.14. The summed E-state index contributed by atoms with van der Waals surface area (Å²) in [5, 5.41) is 12.6. The minimum atomic E-state index is -0.894. The van der Waals surface area contributed by atoms with Crippen LogP contribution in [0, 0.1) is 0 Å². The predicted octanol–water partition coefficient (Wildman–Crippen LogP) is 4.64. The first-order chi connectivity index (χ1) is 12.4. The molecule has 1 atom stereocenters. The van der Waals surface area contributed by atoms with Gasteiger partial charge in [0.05, 0.1) is 6.61 Å². The molecule has 26 heavy (non-hydrogen) atoms. The number of carboxylic acids is 1. The second kappa shape index (κ2) is 9.80. The molecule has 1 unspecified atom stereocenters. The van der Waals surface area contributed by atoms with Crippen molar-refractivity contribution in [2.75, 3.05) is 6.61 Å². The van der Waals surface area contributed by atoms with Crippen LogP contribution in [-0.4, -0.2) is 23.7 Å². The Labute approximate surface area is 166 Å². The van der Waals surface area contributed by atoms with Crippen molar-refractivity contribution in [1.29, 1.82) is 0 Å². The Balaban J connectivity index is 2.13. The molecule has 0 saturated carbocycles. The lowest BCUT2D eigenvalue weighted by Gasteiger charge is -2.16. The molecule has 5 nitrogen and oxygen atoms in total. The van der Waals surface area contributed by atoms with Gasteiger partial charge >= 0.3 is 5.97 Å². The van der Waals surface area contributed by atoms with Crippen LogP contribution in [0.5, 0.6) is 11.5 Å². The van der Waals surface area contributed by atoms with E-state index in [0.29, 0.717) is 36.3 Å². The van der Waals surface area contributed by atoms with E-state index < -0.39 is 12.0 Å². The van der Waals surface area contributed by atoms with Gasteiger partial charge in [-0.25, -0.2) is 0 Å². The van der Waals surface area contributed by atoms with Crippen molar-refractivity contribution < 1.29 is 19.4 Å². The highest BCUT2D eigenvalue weighted by molar-refractivity contribution is 9.10. The van der Waals surface area contributed by atoms with Crippen LogP contribution in [0.4, 0.5) is 0 Å². The molecule has 2 aromatic rings. The molecular formula is C19H21BrClNO4. The zero-order valence-corrected chi connectivity index (χ0v) is 16.9. The van der Waals surface area contributed by atoms with Crippen molar-refractivity contribution in [1.82, 2.24) is 5.32 Å². The van der Waals surface area contributed by atoms with Crippen molar-refractivity contribution in [2.24, 2.45) is 0 Å². The van der Waals surface area contributed by atoms with E-state index in [4.69, 9.17) is 26.2 Å². The summed E-state index contributed by atoms with van der Waals surface area (Å²) in [5.74, 6) is 0.335. The van der Waals surface area contributed by atoms with E-state index in [2.05, 4.69) is 21.2 Å². The Hall–Kier alpha value is -1.76. The van der Waals surface area contributed by atoms with E-state index in [9.17, 15) is 4.79 Å². The normalized spacial score (nSPS) is 11.8. The number of carboxylic acid groups (broad SMARTS) is 1. The number of aliphatic carboxylic acids is 1. The number of hydrogen-bond acceptors (Lipinski definition) is 4. The van der Waals surface area contributed by atoms with E-state index in [1.807, 2.05) is 43.3 Å². The minimum Gasteiger partial charge on any atom is -0.490 e. The Morgan fingerprint density at radius 2 is 1.88 bits per heavy atom. The van der Waals surface area contributed by atoms with E-state index in [-0.39, 0.29) is 0 Å². The van der Waals surface area contributed by atoms with Crippen LogP contribution >= 0.6 is 27.5 Å². The van der Waals surface area contributed by atoms with Gasteiger partial charge in [-0.3, -0.25) is 4.79 Å². The monoisotopic (exact) mass is 441 g/mol. The van der Waals surface area contributed by atoms with Crippen molar-refractivity contribution in [3.05, 3.63) is 57.0 Å². The number of benzene rings is 2. The zero-order valence-electron chi connectivity index (χ0n) is 14.6. The van der Waals surface area contributed by atoms with Crippen molar-refractivity contribution >= 4 is 33.5 Å². The first-order valence-corrected chi connectivity index (χ1v) is 9.36. The van der Waals surface area contributed by atoms with Gasteiger partial charge in [0, 0.05) is 16.0 Å². The summed E-state index contributed by atoms with van der Waals surface area (Å²) in [6, 6.07) is 10.5. The van der Waals surface area contributed by atoms with Gasteiger partial charge in [0.1, 0.15) is 12.6 Å². The lowest BCUT2D eigenvalue weighted by Crippen LogP contribution is -2.33. The molecule has 2 aromatic carbocycles. The summed E-state index contributed by atoms with van der Waals surface area (Å²) in [4.78, 5) is 10.9. The van der Waals surface area contributed by atoms with Gasteiger partial charge in [-0.15, -0.1) is 0 Å². The molecule has 140 valence electrons. The summed E-state index contributed by atoms with van der Waals surface area (Å²) in [7, 11) is 0. The SMILES string of the molecule is CCOc1cc(CNC(C)C(=O)O)c(Br)cc1OCc1ccc(Cl)cc1. The van der Waals surface area contributed by atoms with Gasteiger partial charge in [0.15, 0.2) is 11.5 Å². The molecule has 0 aliphatic rings. The molecule has 0 aliphatic carbocycles. The number of carbonyl (C=O) groups is 1. The van der Waals surface area contributed by atoms with Gasteiger partial charge in [-0.05, 0) is 49.2 Å². The fourth-order valence-corrected chi connectivity index (χ4v) is 2.77. The third-order valence-corrected chi connectivity index (χ3v) is 4.68. The van der Waals surface area contributed by atoms with Gasteiger partial charge in [0.2, 0.25) is 0 Å². The molecule has 0 fully saturated rings. The zero-order chi connectivity index (χ0) is 19.1. The molecule has 7 heteroatoms. The van der Waals surface area contributed by atoms with Crippen LogP contribution in [0.3, 0.4) is 0 Å². The summed E-state index contributed by atoms with van der Waals surface area (Å²) in [6.07, 6.45) is 0. The lowest BCUT2D eigenvalue weighted by atomic mass is 10.2. The topological polar surface area (TPSA) is 67.8 Å². The highest BCUT2D eigenvalue weighted by atomic mass is 79.9. The van der Waals surface area contributed by atoms with Crippen LogP contribution in [0.2, 0.25) is 5.02 Å². The molecule has 0 radical (unpaired) electrons. The number of ether oxygens (including phenoxy) is 2. The molecule has 0 spiro atoms. The average Bonchev–Trinajstić information content (AvgIpc) is 2.61. The maximum Gasteiger partial charge on any atom is 0.320 e. The summed E-state index contributed by atoms with van der Waals surface area (Å²) < 4.78 is 12.4. The van der Waals surface area contributed by atoms with Gasteiger partial charge < -0.3 is 19.9 Å². The molecule has 2 rings (SSSR count). The second-order valence-corrected chi connectivity index (χ2v) is 6.97. The molecule has 0 bridgehead atoms. The Kier molecular flexibility index (Phi) is 7.75. The first kappa shape index (κ1) is 20.6. The van der Waals surface area contributed by atoms with Crippen LogP contribution in [0.1, 0.15) is 25.0 Å². The molecule has 0 aliphatic heterocycles. The molecule has 2 N–H and O–H groups in total. The fourth-order valence-electron chi connectivity index (χ4n) is 2.19. The van der Waals surface area contributed by atoms with Crippen molar-refractivity contribution in [3.8, 4) is 11.5 Å². The minimum absolute atomic E-state index is 0.386. The van der Waals surface area contributed by atoms with Crippen LogP contribution < -0.4 is 14.8 Å². The lowest BCUT2D eigenvalue weighted by molar-refractivity contribution is -0.139. The maximum absolute atomic E-state index is 10.9. The maximum atomic E-state index is 10.9. The number of rotatable bonds is 9. The van der Waals surface area contributed by atoms with E-state index in [1.54, 1.807) is 6.92 Å².